The fourth-order valence-electron chi connectivity index (χ4n) is 4.41. The molecule has 0 bridgehead atoms. The summed E-state index contributed by atoms with van der Waals surface area (Å²) in [5, 5.41) is 13.3. The Morgan fingerprint density at radius 1 is 0.964 bits per heavy atom. The molecule has 0 saturated carbocycles. The smallest absolute Gasteiger partial charge is 0.120 e. The normalized spacial score (nSPS) is 22.2. The average Bonchev–Trinajstić information content (AvgIpc) is 3.23. The second-order valence-corrected chi connectivity index (χ2v) is 7.59. The first-order valence-electron chi connectivity index (χ1n) is 9.81. The summed E-state index contributed by atoms with van der Waals surface area (Å²) in [6, 6.07) is 24.4. The van der Waals surface area contributed by atoms with E-state index in [2.05, 4.69) is 41.7 Å². The van der Waals surface area contributed by atoms with Crippen LogP contribution in [0.25, 0.3) is 0 Å². The lowest BCUT2D eigenvalue weighted by atomic mass is 9.77. The molecule has 2 aliphatic rings. The van der Waals surface area contributed by atoms with Gasteiger partial charge in [0.2, 0.25) is 0 Å². The van der Waals surface area contributed by atoms with E-state index in [0.29, 0.717) is 24.2 Å². The summed E-state index contributed by atoms with van der Waals surface area (Å²) in [5.74, 6) is 2.07. The molecule has 0 amide bonds. The second-order valence-electron chi connectivity index (χ2n) is 7.59. The number of fused-ring (bicyclic) bond motifs is 3. The van der Waals surface area contributed by atoms with Crippen LogP contribution in [0.3, 0.4) is 0 Å². The number of hydrogen-bond donors (Lipinski definition) is 2. The van der Waals surface area contributed by atoms with Gasteiger partial charge in [0.05, 0.1) is 6.04 Å². The molecule has 1 aliphatic carbocycles. The Kier molecular flexibility index (Phi) is 4.28. The molecule has 3 aromatic rings. The molecular weight excluding hydrogens is 346 g/mol. The summed E-state index contributed by atoms with van der Waals surface area (Å²) in [6.45, 7) is 0.577. The standard InChI is InChI=1S/C25H23NO2/c27-19-11-9-18(10-12-19)25-22-8-4-7-21(22)23-15-20(13-14-24(23)26-25)28-16-17-5-2-1-3-6-17/h1-7,9-15,21-22,25-27H,8,16H2. The van der Waals surface area contributed by atoms with Crippen molar-refractivity contribution >= 4 is 5.69 Å². The molecule has 2 N–H and O–H groups in total. The number of allylic oxidation sites excluding steroid dienone is 2. The van der Waals surface area contributed by atoms with E-state index in [-0.39, 0.29) is 6.04 Å². The number of anilines is 1. The Morgan fingerprint density at radius 3 is 2.61 bits per heavy atom. The Balaban J connectivity index is 1.41. The van der Waals surface area contributed by atoms with Gasteiger partial charge in [-0.05, 0) is 59.4 Å². The number of aromatic hydroxyl groups is 1. The molecule has 3 unspecified atom stereocenters. The Morgan fingerprint density at radius 2 is 1.79 bits per heavy atom. The molecule has 0 spiro atoms. The molecule has 0 fully saturated rings. The van der Waals surface area contributed by atoms with Gasteiger partial charge in [-0.3, -0.25) is 0 Å². The van der Waals surface area contributed by atoms with Gasteiger partial charge in [-0.25, -0.2) is 0 Å². The maximum Gasteiger partial charge on any atom is 0.120 e. The van der Waals surface area contributed by atoms with Crippen molar-refractivity contribution in [1.82, 2.24) is 0 Å². The number of nitrogens with one attached hydrogen (secondary N) is 1. The number of rotatable bonds is 4. The maximum atomic E-state index is 9.62. The minimum atomic E-state index is 0.240. The van der Waals surface area contributed by atoms with E-state index in [1.165, 1.54) is 16.7 Å². The van der Waals surface area contributed by atoms with Gasteiger partial charge >= 0.3 is 0 Å². The molecule has 3 atom stereocenters. The topological polar surface area (TPSA) is 41.5 Å². The van der Waals surface area contributed by atoms with E-state index in [0.717, 1.165) is 17.9 Å². The van der Waals surface area contributed by atoms with E-state index in [1.54, 1.807) is 12.1 Å². The number of phenols is 1. The van der Waals surface area contributed by atoms with Gasteiger partial charge in [0.15, 0.2) is 0 Å². The van der Waals surface area contributed by atoms with Crippen LogP contribution in [-0.4, -0.2) is 5.11 Å². The van der Waals surface area contributed by atoms with Crippen LogP contribution in [0.1, 0.15) is 35.1 Å². The highest BCUT2D eigenvalue weighted by atomic mass is 16.5. The summed E-state index contributed by atoms with van der Waals surface area (Å²) in [7, 11) is 0. The molecule has 140 valence electrons. The van der Waals surface area contributed by atoms with Crippen LogP contribution in [0.15, 0.2) is 84.9 Å². The van der Waals surface area contributed by atoms with Gasteiger partial charge in [-0.15, -0.1) is 0 Å². The van der Waals surface area contributed by atoms with Crippen LogP contribution in [0.5, 0.6) is 11.5 Å². The third-order valence-corrected chi connectivity index (χ3v) is 5.83. The largest absolute Gasteiger partial charge is 0.508 e. The van der Waals surface area contributed by atoms with Crippen LogP contribution in [0, 0.1) is 5.92 Å². The maximum absolute atomic E-state index is 9.62. The lowest BCUT2D eigenvalue weighted by Gasteiger charge is -2.37. The van der Waals surface area contributed by atoms with Crippen molar-refractivity contribution in [1.29, 1.82) is 0 Å². The highest BCUT2D eigenvalue weighted by Gasteiger charge is 2.38. The van der Waals surface area contributed by atoms with Gasteiger partial charge in [-0.2, -0.15) is 0 Å². The zero-order valence-corrected chi connectivity index (χ0v) is 15.6. The highest BCUT2D eigenvalue weighted by molar-refractivity contribution is 5.61. The molecule has 5 rings (SSSR count). The second kappa shape index (κ2) is 7.08. The van der Waals surface area contributed by atoms with Crippen molar-refractivity contribution in [2.75, 3.05) is 5.32 Å². The SMILES string of the molecule is Oc1ccc(C2Nc3ccc(OCc4ccccc4)cc3C3C=CCC32)cc1. The van der Waals surface area contributed by atoms with Crippen LogP contribution in [-0.2, 0) is 6.61 Å². The lowest BCUT2D eigenvalue weighted by molar-refractivity contribution is 0.305. The Hall–Kier alpha value is -3.20. The van der Waals surface area contributed by atoms with Gasteiger partial charge in [0.1, 0.15) is 18.1 Å². The Bertz CT molecular complexity index is 995. The first-order chi connectivity index (χ1) is 13.8. The van der Waals surface area contributed by atoms with E-state index in [4.69, 9.17) is 4.74 Å². The number of ether oxygens (including phenoxy) is 1. The molecule has 0 radical (unpaired) electrons. The first-order valence-corrected chi connectivity index (χ1v) is 9.81. The van der Waals surface area contributed by atoms with Crippen LogP contribution < -0.4 is 10.1 Å². The third-order valence-electron chi connectivity index (χ3n) is 5.83. The van der Waals surface area contributed by atoms with Crippen molar-refractivity contribution in [3.8, 4) is 11.5 Å². The summed E-state index contributed by atoms with van der Waals surface area (Å²) < 4.78 is 6.05. The Labute approximate surface area is 165 Å². The van der Waals surface area contributed by atoms with Crippen LogP contribution in [0.2, 0.25) is 0 Å². The van der Waals surface area contributed by atoms with Gasteiger partial charge in [-0.1, -0.05) is 54.6 Å². The number of hydrogen-bond acceptors (Lipinski definition) is 3. The third kappa shape index (κ3) is 3.13. The first kappa shape index (κ1) is 16.9. The van der Waals surface area contributed by atoms with Gasteiger partial charge in [0, 0.05) is 11.6 Å². The van der Waals surface area contributed by atoms with Crippen molar-refractivity contribution in [2.24, 2.45) is 5.92 Å². The molecule has 3 aromatic carbocycles. The van der Waals surface area contributed by atoms with Crippen molar-refractivity contribution < 1.29 is 9.84 Å². The number of benzene rings is 3. The van der Waals surface area contributed by atoms with Crippen LogP contribution >= 0.6 is 0 Å². The molecule has 3 nitrogen and oxygen atoms in total. The summed E-state index contributed by atoms with van der Waals surface area (Å²) in [6.07, 6.45) is 5.67. The summed E-state index contributed by atoms with van der Waals surface area (Å²) in [5.41, 5.74) is 4.85. The molecule has 0 saturated heterocycles. The van der Waals surface area contributed by atoms with E-state index >= 15 is 0 Å². The predicted molar refractivity (Wildman–Crippen MR) is 112 cm³/mol. The van der Waals surface area contributed by atoms with Crippen molar-refractivity contribution in [3.05, 3.63) is 102 Å². The van der Waals surface area contributed by atoms with Crippen molar-refractivity contribution in [3.63, 3.8) is 0 Å². The van der Waals surface area contributed by atoms with E-state index < -0.39 is 0 Å². The van der Waals surface area contributed by atoms with Gasteiger partial charge < -0.3 is 15.2 Å². The zero-order chi connectivity index (χ0) is 18.9. The number of phenolic OH excluding ortho intramolecular Hbond substituents is 1. The van der Waals surface area contributed by atoms with Crippen molar-refractivity contribution in [2.45, 2.75) is 25.0 Å². The fourth-order valence-corrected chi connectivity index (χ4v) is 4.41. The summed E-state index contributed by atoms with van der Waals surface area (Å²) in [4.78, 5) is 0. The minimum absolute atomic E-state index is 0.240. The molecule has 3 heteroatoms. The van der Waals surface area contributed by atoms with E-state index in [1.807, 2.05) is 36.4 Å². The fraction of sp³-hybridized carbons (Fsp3) is 0.200. The van der Waals surface area contributed by atoms with Crippen LogP contribution in [0.4, 0.5) is 5.69 Å². The molecule has 1 heterocycles. The molecule has 0 aromatic heterocycles. The highest BCUT2D eigenvalue weighted by Crippen LogP contribution is 2.50. The lowest BCUT2D eigenvalue weighted by Crippen LogP contribution is -2.29. The van der Waals surface area contributed by atoms with E-state index in [9.17, 15) is 5.11 Å². The molecule has 1 aliphatic heterocycles. The van der Waals surface area contributed by atoms with Gasteiger partial charge in [0.25, 0.3) is 0 Å². The predicted octanol–water partition coefficient (Wildman–Crippen LogP) is 5.80. The summed E-state index contributed by atoms with van der Waals surface area (Å²) >= 11 is 0. The quantitative estimate of drug-likeness (QED) is 0.571. The average molecular weight is 369 g/mol. The molecule has 28 heavy (non-hydrogen) atoms. The minimum Gasteiger partial charge on any atom is -0.508 e. The zero-order valence-electron chi connectivity index (χ0n) is 15.6. The monoisotopic (exact) mass is 369 g/mol. The molecular formula is C25H23NO2.